The molecule has 0 heterocycles. The average molecular weight is 255 g/mol. The lowest BCUT2D eigenvalue weighted by Gasteiger charge is -2.06. The summed E-state index contributed by atoms with van der Waals surface area (Å²) in [7, 11) is 0. The zero-order valence-corrected chi connectivity index (χ0v) is 10.6. The van der Waals surface area contributed by atoms with Gasteiger partial charge in [0.2, 0.25) is 0 Å². The summed E-state index contributed by atoms with van der Waals surface area (Å²) < 4.78 is 0. The minimum absolute atomic E-state index is 0.287. The number of hydrogen-bond acceptors (Lipinski definition) is 2. The predicted molar refractivity (Wildman–Crippen MR) is 79.5 cm³/mol. The molecule has 1 aliphatic rings. The third-order valence-corrected chi connectivity index (χ3v) is 3.28. The highest BCUT2D eigenvalue weighted by Crippen LogP contribution is 2.38. The van der Waals surface area contributed by atoms with Crippen molar-refractivity contribution in [3.05, 3.63) is 47.5 Å². The summed E-state index contributed by atoms with van der Waals surface area (Å²) >= 11 is 4.84. The quantitative estimate of drug-likeness (QED) is 0.462. The third kappa shape index (κ3) is 1.80. The molecule has 0 bridgehead atoms. The van der Waals surface area contributed by atoms with Gasteiger partial charge >= 0.3 is 0 Å². The fourth-order valence-electron chi connectivity index (χ4n) is 2.45. The second-order valence-electron chi connectivity index (χ2n) is 4.45. The van der Waals surface area contributed by atoms with Gasteiger partial charge in [-0.15, -0.1) is 0 Å². The van der Waals surface area contributed by atoms with Crippen molar-refractivity contribution in [3.63, 3.8) is 0 Å². The van der Waals surface area contributed by atoms with E-state index in [9.17, 15) is 0 Å². The molecule has 0 spiro atoms. The van der Waals surface area contributed by atoms with Gasteiger partial charge in [0.25, 0.3) is 0 Å². The Bertz CT molecular complexity index is 649. The van der Waals surface area contributed by atoms with Crippen LogP contribution < -0.4 is 16.8 Å². The highest BCUT2D eigenvalue weighted by Gasteiger charge is 2.18. The van der Waals surface area contributed by atoms with Gasteiger partial charge in [0.15, 0.2) is 5.11 Å². The Hall–Kier alpha value is -2.07. The summed E-state index contributed by atoms with van der Waals surface area (Å²) in [5.74, 6) is 0. The van der Waals surface area contributed by atoms with E-state index in [-0.39, 0.29) is 5.11 Å². The number of nitrogens with one attached hydrogen (secondary N) is 1. The number of benzene rings is 2. The minimum Gasteiger partial charge on any atom is -0.399 e. The van der Waals surface area contributed by atoms with E-state index in [0.717, 1.165) is 17.8 Å². The molecule has 0 saturated carbocycles. The minimum atomic E-state index is 0.287. The molecule has 2 aromatic carbocycles. The Balaban J connectivity index is 2.03. The Kier molecular flexibility index (Phi) is 2.45. The summed E-state index contributed by atoms with van der Waals surface area (Å²) in [6, 6.07) is 12.2. The van der Waals surface area contributed by atoms with Crippen LogP contribution in [0.15, 0.2) is 36.4 Å². The lowest BCUT2D eigenvalue weighted by atomic mass is 10.1. The number of nitrogen functional groups attached to an aromatic ring is 1. The van der Waals surface area contributed by atoms with Crippen LogP contribution in [0.4, 0.5) is 11.4 Å². The van der Waals surface area contributed by atoms with Gasteiger partial charge in [0.1, 0.15) is 0 Å². The molecular weight excluding hydrogens is 242 g/mol. The summed E-state index contributed by atoms with van der Waals surface area (Å²) in [6.07, 6.45) is 0.905. The summed E-state index contributed by atoms with van der Waals surface area (Å²) in [4.78, 5) is 0. The van der Waals surface area contributed by atoms with Crippen molar-refractivity contribution in [2.45, 2.75) is 6.42 Å². The molecule has 0 fully saturated rings. The van der Waals surface area contributed by atoms with Gasteiger partial charge in [0, 0.05) is 11.4 Å². The van der Waals surface area contributed by atoms with Crippen molar-refractivity contribution in [2.75, 3.05) is 11.1 Å². The molecule has 2 aromatic rings. The molecule has 0 amide bonds. The third-order valence-electron chi connectivity index (χ3n) is 3.17. The second kappa shape index (κ2) is 3.99. The molecule has 90 valence electrons. The van der Waals surface area contributed by atoms with E-state index >= 15 is 0 Å². The standard InChI is InChI=1S/C14H13N3S/c15-10-1-3-12-8(6-10)5-9-7-11(17-14(16)18)2-4-13(9)12/h1-4,6-7H,5,15H2,(H3,16,17,18). The number of fused-ring (bicyclic) bond motifs is 3. The topological polar surface area (TPSA) is 64.1 Å². The maximum absolute atomic E-state index is 5.82. The number of hydrogen-bond donors (Lipinski definition) is 3. The number of rotatable bonds is 1. The predicted octanol–water partition coefficient (Wildman–Crippen LogP) is 2.50. The van der Waals surface area contributed by atoms with Crippen LogP contribution in [0.2, 0.25) is 0 Å². The van der Waals surface area contributed by atoms with Gasteiger partial charge in [-0.2, -0.15) is 0 Å². The first kappa shape index (κ1) is 11.0. The van der Waals surface area contributed by atoms with E-state index < -0.39 is 0 Å². The van der Waals surface area contributed by atoms with Crippen LogP contribution in [0, 0.1) is 0 Å². The van der Waals surface area contributed by atoms with Crippen LogP contribution >= 0.6 is 12.2 Å². The van der Waals surface area contributed by atoms with Crippen LogP contribution in [0.25, 0.3) is 11.1 Å². The van der Waals surface area contributed by atoms with E-state index in [2.05, 4.69) is 23.5 Å². The number of thiocarbonyl (C=S) groups is 1. The molecule has 0 saturated heterocycles. The second-order valence-corrected chi connectivity index (χ2v) is 4.89. The summed E-state index contributed by atoms with van der Waals surface area (Å²) in [6.45, 7) is 0. The highest BCUT2D eigenvalue weighted by molar-refractivity contribution is 7.80. The van der Waals surface area contributed by atoms with Crippen molar-refractivity contribution in [2.24, 2.45) is 5.73 Å². The lowest BCUT2D eigenvalue weighted by molar-refractivity contribution is 1.26. The van der Waals surface area contributed by atoms with Crippen LogP contribution in [0.3, 0.4) is 0 Å². The van der Waals surface area contributed by atoms with E-state index in [1.807, 2.05) is 18.2 Å². The highest BCUT2D eigenvalue weighted by atomic mass is 32.1. The van der Waals surface area contributed by atoms with E-state index in [1.54, 1.807) is 0 Å². The molecule has 5 N–H and O–H groups in total. The monoisotopic (exact) mass is 255 g/mol. The molecule has 3 rings (SSSR count). The van der Waals surface area contributed by atoms with Crippen LogP contribution in [-0.2, 0) is 6.42 Å². The summed E-state index contributed by atoms with van der Waals surface area (Å²) in [5.41, 5.74) is 18.1. The molecule has 0 aliphatic heterocycles. The van der Waals surface area contributed by atoms with Gasteiger partial charge in [0.05, 0.1) is 0 Å². The molecule has 0 unspecified atom stereocenters. The molecule has 18 heavy (non-hydrogen) atoms. The number of nitrogens with two attached hydrogens (primary N) is 2. The maximum Gasteiger partial charge on any atom is 0.168 e. The van der Waals surface area contributed by atoms with Crippen molar-refractivity contribution in [1.82, 2.24) is 0 Å². The Morgan fingerprint density at radius 3 is 2.44 bits per heavy atom. The number of anilines is 2. The largest absolute Gasteiger partial charge is 0.399 e. The van der Waals surface area contributed by atoms with Gasteiger partial charge < -0.3 is 16.8 Å². The van der Waals surface area contributed by atoms with Crippen LogP contribution in [0.5, 0.6) is 0 Å². The molecule has 0 atom stereocenters. The van der Waals surface area contributed by atoms with Gasteiger partial charge in [-0.3, -0.25) is 0 Å². The smallest absolute Gasteiger partial charge is 0.168 e. The maximum atomic E-state index is 5.82. The van der Waals surface area contributed by atoms with Crippen molar-refractivity contribution >= 4 is 28.7 Å². The van der Waals surface area contributed by atoms with E-state index in [0.29, 0.717) is 0 Å². The lowest BCUT2D eigenvalue weighted by Crippen LogP contribution is -2.18. The molecule has 0 aromatic heterocycles. The van der Waals surface area contributed by atoms with E-state index in [1.165, 1.54) is 22.3 Å². The fourth-order valence-corrected chi connectivity index (χ4v) is 2.57. The fraction of sp³-hybridized carbons (Fsp3) is 0.0714. The van der Waals surface area contributed by atoms with Crippen molar-refractivity contribution in [3.8, 4) is 11.1 Å². The van der Waals surface area contributed by atoms with Crippen molar-refractivity contribution in [1.29, 1.82) is 0 Å². The van der Waals surface area contributed by atoms with Crippen LogP contribution in [0.1, 0.15) is 11.1 Å². The first-order valence-corrected chi connectivity index (χ1v) is 6.12. The van der Waals surface area contributed by atoms with Gasteiger partial charge in [-0.1, -0.05) is 12.1 Å². The molecular formula is C14H13N3S. The Labute approximate surface area is 111 Å². The average Bonchev–Trinajstić information content (AvgIpc) is 2.64. The summed E-state index contributed by atoms with van der Waals surface area (Å²) in [5, 5.41) is 3.24. The van der Waals surface area contributed by atoms with Crippen molar-refractivity contribution < 1.29 is 0 Å². The van der Waals surface area contributed by atoms with Crippen LogP contribution in [-0.4, -0.2) is 5.11 Å². The first-order chi connectivity index (χ1) is 8.63. The Morgan fingerprint density at radius 2 is 1.72 bits per heavy atom. The zero-order chi connectivity index (χ0) is 12.7. The van der Waals surface area contributed by atoms with Gasteiger partial charge in [-0.05, 0) is 65.2 Å². The zero-order valence-electron chi connectivity index (χ0n) is 9.73. The van der Waals surface area contributed by atoms with Gasteiger partial charge in [-0.25, -0.2) is 0 Å². The normalized spacial score (nSPS) is 11.8. The first-order valence-electron chi connectivity index (χ1n) is 5.71. The Morgan fingerprint density at radius 1 is 1.06 bits per heavy atom. The van der Waals surface area contributed by atoms with E-state index in [4.69, 9.17) is 23.7 Å². The molecule has 1 aliphatic carbocycles. The SMILES string of the molecule is NC(=S)Nc1ccc2c(c1)Cc1cc(N)ccc1-2. The molecule has 3 nitrogen and oxygen atoms in total. The molecule has 0 radical (unpaired) electrons. The molecule has 4 heteroatoms.